The number of imidazole rings is 1. The molecule has 138 valence electrons. The minimum atomic E-state index is -0.107. The number of hydrogen-bond donors (Lipinski definition) is 0. The van der Waals surface area contributed by atoms with Crippen molar-refractivity contribution >= 4 is 32.6 Å². The summed E-state index contributed by atoms with van der Waals surface area (Å²) < 4.78 is 2.86. The maximum Gasteiger partial charge on any atom is 0.296 e. The monoisotopic (exact) mass is 371 g/mol. The van der Waals surface area contributed by atoms with Gasteiger partial charge < -0.3 is 9.47 Å². The minimum Gasteiger partial charge on any atom is -0.330 e. The summed E-state index contributed by atoms with van der Waals surface area (Å²) >= 11 is 1.56. The zero-order valence-corrected chi connectivity index (χ0v) is 16.8. The normalized spacial score (nSPS) is 11.5. The SMILES string of the molecule is Cc1ccc2sc(N(CCCN(C)C)C(=O)c3nccn3C)nc2c1C. The zero-order chi connectivity index (χ0) is 18.8. The van der Waals surface area contributed by atoms with Crippen LogP contribution in [-0.2, 0) is 7.05 Å². The van der Waals surface area contributed by atoms with Crippen molar-refractivity contribution in [3.05, 3.63) is 41.5 Å². The number of anilines is 1. The van der Waals surface area contributed by atoms with Crippen molar-refractivity contribution < 1.29 is 4.79 Å². The number of benzene rings is 1. The molecule has 0 atom stereocenters. The second-order valence-corrected chi connectivity index (χ2v) is 7.84. The lowest BCUT2D eigenvalue weighted by molar-refractivity contribution is 0.0973. The van der Waals surface area contributed by atoms with Crippen LogP contribution in [0.25, 0.3) is 10.2 Å². The number of amides is 1. The largest absolute Gasteiger partial charge is 0.330 e. The number of carbonyl (C=O) groups excluding carboxylic acids is 1. The molecule has 7 heteroatoms. The molecule has 0 saturated heterocycles. The number of rotatable bonds is 6. The average molecular weight is 372 g/mol. The molecule has 0 aliphatic heterocycles. The third-order valence-electron chi connectivity index (χ3n) is 4.55. The number of thiazole rings is 1. The molecule has 1 amide bonds. The van der Waals surface area contributed by atoms with Gasteiger partial charge in [0.05, 0.1) is 10.2 Å². The summed E-state index contributed by atoms with van der Waals surface area (Å²) in [4.78, 5) is 26.1. The number of aromatic nitrogens is 3. The number of fused-ring (bicyclic) bond motifs is 1. The Morgan fingerprint density at radius 1 is 1.23 bits per heavy atom. The van der Waals surface area contributed by atoms with Crippen LogP contribution in [0.3, 0.4) is 0 Å². The smallest absolute Gasteiger partial charge is 0.296 e. The van der Waals surface area contributed by atoms with Gasteiger partial charge in [0.1, 0.15) is 0 Å². The Bertz CT molecular complexity index is 927. The van der Waals surface area contributed by atoms with Crippen molar-refractivity contribution in [3.63, 3.8) is 0 Å². The standard InChI is InChI=1S/C19H25N5OS/c1-13-7-8-15-16(14(13)2)21-19(26-15)24(11-6-10-22(3)4)18(25)17-20-9-12-23(17)5/h7-9,12H,6,10-11H2,1-5H3. The summed E-state index contributed by atoms with van der Waals surface area (Å²) in [6.07, 6.45) is 4.31. The third kappa shape index (κ3) is 3.64. The van der Waals surface area contributed by atoms with Gasteiger partial charge in [-0.2, -0.15) is 0 Å². The topological polar surface area (TPSA) is 54.3 Å². The van der Waals surface area contributed by atoms with Gasteiger partial charge in [-0.3, -0.25) is 9.69 Å². The van der Waals surface area contributed by atoms with E-state index < -0.39 is 0 Å². The molecule has 0 N–H and O–H groups in total. The van der Waals surface area contributed by atoms with Gasteiger partial charge in [0, 0.05) is 26.0 Å². The van der Waals surface area contributed by atoms with E-state index in [1.54, 1.807) is 33.2 Å². The van der Waals surface area contributed by atoms with Crippen molar-refractivity contribution in [1.29, 1.82) is 0 Å². The average Bonchev–Trinajstić information content (AvgIpc) is 3.21. The number of carbonyl (C=O) groups is 1. The Balaban J connectivity index is 1.98. The molecule has 1 aromatic carbocycles. The maximum absolute atomic E-state index is 13.1. The van der Waals surface area contributed by atoms with E-state index in [-0.39, 0.29) is 5.91 Å². The fourth-order valence-electron chi connectivity index (χ4n) is 2.85. The van der Waals surface area contributed by atoms with Gasteiger partial charge in [-0.25, -0.2) is 9.97 Å². The predicted octanol–water partition coefficient (Wildman–Crippen LogP) is 3.25. The number of hydrogen-bond acceptors (Lipinski definition) is 5. The van der Waals surface area contributed by atoms with Crippen molar-refractivity contribution in [3.8, 4) is 0 Å². The molecule has 0 unspecified atom stereocenters. The lowest BCUT2D eigenvalue weighted by atomic mass is 10.1. The van der Waals surface area contributed by atoms with E-state index in [2.05, 4.69) is 35.9 Å². The molecule has 2 heterocycles. The van der Waals surface area contributed by atoms with E-state index in [9.17, 15) is 4.79 Å². The first-order valence-corrected chi connectivity index (χ1v) is 9.51. The second-order valence-electron chi connectivity index (χ2n) is 6.83. The molecule has 0 saturated carbocycles. The fourth-order valence-corrected chi connectivity index (χ4v) is 3.90. The molecule has 0 spiro atoms. The lowest BCUT2D eigenvalue weighted by Crippen LogP contribution is -2.35. The van der Waals surface area contributed by atoms with Gasteiger partial charge in [-0.1, -0.05) is 17.4 Å². The highest BCUT2D eigenvalue weighted by atomic mass is 32.1. The molecule has 6 nitrogen and oxygen atoms in total. The van der Waals surface area contributed by atoms with Crippen LogP contribution in [-0.4, -0.2) is 52.5 Å². The van der Waals surface area contributed by atoms with Gasteiger partial charge in [-0.05, 0) is 58.1 Å². The van der Waals surface area contributed by atoms with Crippen molar-refractivity contribution in [2.75, 3.05) is 32.1 Å². The fraction of sp³-hybridized carbons (Fsp3) is 0.421. The van der Waals surface area contributed by atoms with E-state index >= 15 is 0 Å². The Morgan fingerprint density at radius 2 is 2.00 bits per heavy atom. The van der Waals surface area contributed by atoms with Crippen LogP contribution >= 0.6 is 11.3 Å². The highest BCUT2D eigenvalue weighted by Crippen LogP contribution is 2.32. The van der Waals surface area contributed by atoms with Crippen LogP contribution < -0.4 is 4.90 Å². The summed E-state index contributed by atoms with van der Waals surface area (Å²) in [6, 6.07) is 4.19. The number of nitrogens with zero attached hydrogens (tertiary/aromatic N) is 5. The highest BCUT2D eigenvalue weighted by molar-refractivity contribution is 7.22. The summed E-state index contributed by atoms with van der Waals surface area (Å²) in [5, 5.41) is 0.737. The molecule has 0 fully saturated rings. The van der Waals surface area contributed by atoms with Crippen LogP contribution in [0.2, 0.25) is 0 Å². The molecule has 0 aliphatic rings. The molecule has 26 heavy (non-hydrogen) atoms. The summed E-state index contributed by atoms with van der Waals surface area (Å²) in [7, 11) is 5.91. The van der Waals surface area contributed by atoms with Crippen molar-refractivity contribution in [1.82, 2.24) is 19.4 Å². The Hall–Kier alpha value is -2.25. The molecule has 0 aliphatic carbocycles. The first kappa shape index (κ1) is 18.5. The second kappa shape index (κ2) is 7.55. The van der Waals surface area contributed by atoms with Gasteiger partial charge in [0.2, 0.25) is 0 Å². The zero-order valence-electron chi connectivity index (χ0n) is 16.0. The molecule has 2 aromatic heterocycles. The van der Waals surface area contributed by atoms with Crippen molar-refractivity contribution in [2.45, 2.75) is 20.3 Å². The Morgan fingerprint density at radius 3 is 2.65 bits per heavy atom. The lowest BCUT2D eigenvalue weighted by Gasteiger charge is -2.20. The Kier molecular flexibility index (Phi) is 5.38. The summed E-state index contributed by atoms with van der Waals surface area (Å²) in [6.45, 7) is 5.69. The van der Waals surface area contributed by atoms with Gasteiger partial charge in [0.25, 0.3) is 5.91 Å². The van der Waals surface area contributed by atoms with Crippen molar-refractivity contribution in [2.24, 2.45) is 7.05 Å². The van der Waals surface area contributed by atoms with Gasteiger partial charge >= 0.3 is 0 Å². The molecule has 0 bridgehead atoms. The number of aryl methyl sites for hydroxylation is 3. The van der Waals surface area contributed by atoms with E-state index in [0.717, 1.165) is 28.3 Å². The molecule has 3 aromatic rings. The van der Waals surface area contributed by atoms with E-state index in [4.69, 9.17) is 4.98 Å². The first-order chi connectivity index (χ1) is 12.4. The molecule has 3 rings (SSSR count). The summed E-state index contributed by atoms with van der Waals surface area (Å²) in [5.41, 5.74) is 3.36. The summed E-state index contributed by atoms with van der Waals surface area (Å²) in [5.74, 6) is 0.326. The van der Waals surface area contributed by atoms with Gasteiger partial charge in [0.15, 0.2) is 11.0 Å². The predicted molar refractivity (Wildman–Crippen MR) is 107 cm³/mol. The molecular formula is C19H25N5OS. The van der Waals surface area contributed by atoms with E-state index in [1.165, 1.54) is 11.1 Å². The van der Waals surface area contributed by atoms with E-state index in [1.807, 2.05) is 21.1 Å². The van der Waals surface area contributed by atoms with Crippen LogP contribution in [0, 0.1) is 13.8 Å². The van der Waals surface area contributed by atoms with Crippen LogP contribution in [0.5, 0.6) is 0 Å². The van der Waals surface area contributed by atoms with Gasteiger partial charge in [-0.15, -0.1) is 0 Å². The molecular weight excluding hydrogens is 346 g/mol. The quantitative estimate of drug-likeness (QED) is 0.667. The molecule has 0 radical (unpaired) electrons. The highest BCUT2D eigenvalue weighted by Gasteiger charge is 2.24. The minimum absolute atomic E-state index is 0.107. The maximum atomic E-state index is 13.1. The van der Waals surface area contributed by atoms with Crippen LogP contribution in [0.1, 0.15) is 28.2 Å². The Labute approximate surface area is 158 Å². The van der Waals surface area contributed by atoms with Crippen LogP contribution in [0.4, 0.5) is 5.13 Å². The van der Waals surface area contributed by atoms with E-state index in [0.29, 0.717) is 12.4 Å². The van der Waals surface area contributed by atoms with Crippen LogP contribution in [0.15, 0.2) is 24.5 Å². The first-order valence-electron chi connectivity index (χ1n) is 8.69. The third-order valence-corrected chi connectivity index (χ3v) is 5.59.